The molecule has 0 atom stereocenters. The van der Waals surface area contributed by atoms with Crippen LogP contribution in [0.2, 0.25) is 0 Å². The second-order valence-electron chi connectivity index (χ2n) is 3.75. The van der Waals surface area contributed by atoms with E-state index in [0.29, 0.717) is 17.1 Å². The molecular formula is C13H13F2N3O2. The number of aromatic nitrogens is 2. The summed E-state index contributed by atoms with van der Waals surface area (Å²) in [4.78, 5) is 8.30. The van der Waals surface area contributed by atoms with E-state index in [1.807, 2.05) is 0 Å². The molecule has 0 fully saturated rings. The maximum atomic E-state index is 12.4. The minimum absolute atomic E-state index is 0.0484. The summed E-state index contributed by atoms with van der Waals surface area (Å²) < 4.78 is 34.2. The maximum Gasteiger partial charge on any atom is 0.387 e. The Labute approximate surface area is 114 Å². The average Bonchev–Trinajstić information content (AvgIpc) is 2.46. The molecule has 1 N–H and O–H groups in total. The van der Waals surface area contributed by atoms with Gasteiger partial charge in [-0.1, -0.05) is 0 Å². The normalized spacial score (nSPS) is 10.4. The predicted octanol–water partition coefficient (Wildman–Crippen LogP) is 2.80. The summed E-state index contributed by atoms with van der Waals surface area (Å²) in [6.07, 6.45) is 3.06. The summed E-state index contributed by atoms with van der Waals surface area (Å²) in [5.41, 5.74) is 1.13. The molecule has 1 heterocycles. The number of nitrogens with one attached hydrogen (secondary N) is 1. The van der Waals surface area contributed by atoms with Crippen molar-refractivity contribution in [1.29, 1.82) is 0 Å². The molecule has 2 aromatic rings. The first-order chi connectivity index (χ1) is 9.65. The third kappa shape index (κ3) is 2.93. The Bertz CT molecular complexity index is 594. The van der Waals surface area contributed by atoms with Crippen molar-refractivity contribution < 1.29 is 18.3 Å². The summed E-state index contributed by atoms with van der Waals surface area (Å²) in [6.45, 7) is -2.93. The number of benzene rings is 1. The molecule has 2 rings (SSSR count). The molecule has 1 aromatic carbocycles. The minimum atomic E-state index is -2.93. The van der Waals surface area contributed by atoms with E-state index in [0.717, 1.165) is 0 Å². The molecule has 0 spiro atoms. The monoisotopic (exact) mass is 281 g/mol. The maximum absolute atomic E-state index is 12.4. The molecule has 7 heteroatoms. The molecule has 0 bridgehead atoms. The highest BCUT2D eigenvalue weighted by atomic mass is 19.3. The van der Waals surface area contributed by atoms with E-state index in [1.165, 1.54) is 25.6 Å². The van der Waals surface area contributed by atoms with E-state index < -0.39 is 6.61 Å². The average molecular weight is 281 g/mol. The summed E-state index contributed by atoms with van der Waals surface area (Å²) in [5.74, 6) is 0.720. The van der Waals surface area contributed by atoms with Crippen LogP contribution < -0.4 is 14.8 Å². The van der Waals surface area contributed by atoms with Crippen molar-refractivity contribution in [3.05, 3.63) is 30.6 Å². The van der Waals surface area contributed by atoms with E-state index >= 15 is 0 Å². The molecule has 0 radical (unpaired) electrons. The lowest BCUT2D eigenvalue weighted by atomic mass is 10.1. The first-order valence-electron chi connectivity index (χ1n) is 5.77. The second-order valence-corrected chi connectivity index (χ2v) is 3.75. The van der Waals surface area contributed by atoms with Gasteiger partial charge in [-0.25, -0.2) is 4.98 Å². The highest BCUT2D eigenvalue weighted by molar-refractivity contribution is 5.73. The van der Waals surface area contributed by atoms with Gasteiger partial charge in [-0.3, -0.25) is 4.98 Å². The molecule has 0 aliphatic rings. The highest BCUT2D eigenvalue weighted by Gasteiger charge is 2.14. The van der Waals surface area contributed by atoms with Gasteiger partial charge >= 0.3 is 6.61 Å². The summed E-state index contributed by atoms with van der Waals surface area (Å²) in [5, 5.41) is 2.89. The Morgan fingerprint density at radius 1 is 1.15 bits per heavy atom. The van der Waals surface area contributed by atoms with Gasteiger partial charge in [0, 0.05) is 25.0 Å². The molecule has 106 valence electrons. The Kier molecular flexibility index (Phi) is 4.29. The smallest absolute Gasteiger partial charge is 0.387 e. The fourth-order valence-corrected chi connectivity index (χ4v) is 1.74. The third-order valence-electron chi connectivity index (χ3n) is 2.59. The first-order valence-corrected chi connectivity index (χ1v) is 5.77. The van der Waals surface area contributed by atoms with Crippen molar-refractivity contribution >= 4 is 5.82 Å². The van der Waals surface area contributed by atoms with E-state index in [9.17, 15) is 8.78 Å². The molecule has 5 nitrogen and oxygen atoms in total. The summed E-state index contributed by atoms with van der Waals surface area (Å²) >= 11 is 0. The molecule has 0 aliphatic heterocycles. The fraction of sp³-hybridized carbons (Fsp3) is 0.231. The Morgan fingerprint density at radius 3 is 2.55 bits per heavy atom. The number of alkyl halides is 2. The number of hydrogen-bond acceptors (Lipinski definition) is 5. The van der Waals surface area contributed by atoms with Gasteiger partial charge in [0.05, 0.1) is 7.11 Å². The van der Waals surface area contributed by atoms with E-state index in [-0.39, 0.29) is 11.5 Å². The lowest BCUT2D eigenvalue weighted by molar-refractivity contribution is -0.0511. The van der Waals surface area contributed by atoms with Gasteiger partial charge in [0.1, 0.15) is 5.69 Å². The number of anilines is 1. The highest BCUT2D eigenvalue weighted by Crippen LogP contribution is 2.34. The molecular weight excluding hydrogens is 268 g/mol. The molecule has 20 heavy (non-hydrogen) atoms. The largest absolute Gasteiger partial charge is 0.493 e. The molecule has 0 unspecified atom stereocenters. The van der Waals surface area contributed by atoms with Gasteiger partial charge in [-0.15, -0.1) is 0 Å². The van der Waals surface area contributed by atoms with Crippen LogP contribution >= 0.6 is 0 Å². The third-order valence-corrected chi connectivity index (χ3v) is 2.59. The van der Waals surface area contributed by atoms with E-state index in [4.69, 9.17) is 4.74 Å². The first kappa shape index (κ1) is 14.0. The standard InChI is InChI=1S/C13H13F2N3O2/c1-16-12-11(17-5-6-18-12)8-3-4-9(19-2)10(7-8)20-13(14)15/h3-7,13H,1-2H3,(H,16,18). The fourth-order valence-electron chi connectivity index (χ4n) is 1.74. The molecule has 1 aromatic heterocycles. The van der Waals surface area contributed by atoms with Crippen molar-refractivity contribution in [3.63, 3.8) is 0 Å². The van der Waals surface area contributed by atoms with Crippen LogP contribution in [0.4, 0.5) is 14.6 Å². The SMILES string of the molecule is CNc1nccnc1-c1ccc(OC)c(OC(F)F)c1. The van der Waals surface area contributed by atoms with Gasteiger partial charge in [0.2, 0.25) is 0 Å². The second kappa shape index (κ2) is 6.14. The summed E-state index contributed by atoms with van der Waals surface area (Å²) in [7, 11) is 3.09. The Balaban J connectivity index is 2.47. The number of ether oxygens (including phenoxy) is 2. The van der Waals surface area contributed by atoms with Gasteiger partial charge in [-0.05, 0) is 18.2 Å². The zero-order valence-electron chi connectivity index (χ0n) is 10.9. The van der Waals surface area contributed by atoms with Crippen LogP contribution in [0.1, 0.15) is 0 Å². The van der Waals surface area contributed by atoms with Crippen LogP contribution in [0, 0.1) is 0 Å². The van der Waals surface area contributed by atoms with E-state index in [2.05, 4.69) is 20.0 Å². The van der Waals surface area contributed by atoms with Crippen LogP contribution in [0.5, 0.6) is 11.5 Å². The number of rotatable bonds is 5. The number of methoxy groups -OCH3 is 1. The lowest BCUT2D eigenvalue weighted by Gasteiger charge is -2.12. The Hall–Kier alpha value is -2.44. The van der Waals surface area contributed by atoms with Crippen LogP contribution in [0.15, 0.2) is 30.6 Å². The zero-order valence-corrected chi connectivity index (χ0v) is 10.9. The van der Waals surface area contributed by atoms with E-state index in [1.54, 1.807) is 19.2 Å². The minimum Gasteiger partial charge on any atom is -0.493 e. The molecule has 0 aliphatic carbocycles. The quantitative estimate of drug-likeness (QED) is 0.913. The number of nitrogens with zero attached hydrogens (tertiary/aromatic N) is 2. The zero-order chi connectivity index (χ0) is 14.5. The van der Waals surface area contributed by atoms with Crippen LogP contribution in [0.25, 0.3) is 11.3 Å². The number of halogens is 2. The molecule has 0 saturated carbocycles. The van der Waals surface area contributed by atoms with Crippen molar-refractivity contribution in [2.24, 2.45) is 0 Å². The molecule has 0 amide bonds. The Morgan fingerprint density at radius 2 is 1.90 bits per heavy atom. The van der Waals surface area contributed by atoms with Crippen molar-refractivity contribution in [2.45, 2.75) is 6.61 Å². The summed E-state index contributed by atoms with van der Waals surface area (Å²) in [6, 6.07) is 4.68. The van der Waals surface area contributed by atoms with Crippen molar-refractivity contribution in [1.82, 2.24) is 9.97 Å². The van der Waals surface area contributed by atoms with Gasteiger partial charge < -0.3 is 14.8 Å². The van der Waals surface area contributed by atoms with Gasteiger partial charge in [0.15, 0.2) is 17.3 Å². The number of hydrogen-bond donors (Lipinski definition) is 1. The van der Waals surface area contributed by atoms with Crippen LogP contribution in [-0.4, -0.2) is 30.7 Å². The van der Waals surface area contributed by atoms with Crippen molar-refractivity contribution in [3.8, 4) is 22.8 Å². The molecule has 0 saturated heterocycles. The van der Waals surface area contributed by atoms with Crippen LogP contribution in [0.3, 0.4) is 0 Å². The lowest BCUT2D eigenvalue weighted by Crippen LogP contribution is -2.04. The predicted molar refractivity (Wildman–Crippen MR) is 70.2 cm³/mol. The van der Waals surface area contributed by atoms with Gasteiger partial charge in [0.25, 0.3) is 0 Å². The van der Waals surface area contributed by atoms with Gasteiger partial charge in [-0.2, -0.15) is 8.78 Å². The van der Waals surface area contributed by atoms with Crippen molar-refractivity contribution in [2.75, 3.05) is 19.5 Å². The topological polar surface area (TPSA) is 56.3 Å². The van der Waals surface area contributed by atoms with Crippen LogP contribution in [-0.2, 0) is 0 Å².